The summed E-state index contributed by atoms with van der Waals surface area (Å²) in [5.74, 6) is 0. The van der Waals surface area contributed by atoms with Crippen molar-refractivity contribution in [2.75, 3.05) is 5.32 Å². The van der Waals surface area contributed by atoms with Crippen molar-refractivity contribution < 1.29 is 0 Å². The predicted molar refractivity (Wildman–Crippen MR) is 89.4 cm³/mol. The number of aromatic nitrogens is 1. The molecule has 0 spiro atoms. The highest BCUT2D eigenvalue weighted by Gasteiger charge is 2.13. The first-order valence-corrected chi connectivity index (χ1v) is 7.65. The molecule has 2 aromatic rings. The van der Waals surface area contributed by atoms with Crippen LogP contribution < -0.4 is 5.32 Å². The van der Waals surface area contributed by atoms with Crippen molar-refractivity contribution >= 4 is 21.6 Å². The summed E-state index contributed by atoms with van der Waals surface area (Å²) in [5.41, 5.74) is 7.14. The molecule has 0 aliphatic carbocycles. The first kappa shape index (κ1) is 15.0. The molecule has 0 aliphatic heterocycles. The minimum atomic E-state index is 0.240. The second-order valence-corrected chi connectivity index (χ2v) is 6.26. The van der Waals surface area contributed by atoms with Crippen LogP contribution in [0.4, 0.5) is 5.69 Å². The van der Waals surface area contributed by atoms with Crippen molar-refractivity contribution in [1.82, 2.24) is 4.98 Å². The third-order valence-electron chi connectivity index (χ3n) is 3.56. The molecule has 1 unspecified atom stereocenters. The Hall–Kier alpha value is -1.35. The highest BCUT2D eigenvalue weighted by atomic mass is 79.9. The quantitative estimate of drug-likeness (QED) is 0.830. The lowest BCUT2D eigenvalue weighted by molar-refractivity contribution is 0.842. The molecule has 1 heterocycles. The van der Waals surface area contributed by atoms with Crippen LogP contribution in [0.2, 0.25) is 0 Å². The second-order valence-electron chi connectivity index (χ2n) is 5.41. The Morgan fingerprint density at radius 2 is 1.75 bits per heavy atom. The van der Waals surface area contributed by atoms with E-state index in [1.54, 1.807) is 0 Å². The summed E-state index contributed by atoms with van der Waals surface area (Å²) in [4.78, 5) is 4.58. The number of anilines is 1. The molecule has 0 amide bonds. The van der Waals surface area contributed by atoms with Gasteiger partial charge in [0.25, 0.3) is 0 Å². The number of rotatable bonds is 3. The van der Waals surface area contributed by atoms with Crippen LogP contribution in [0, 0.1) is 27.7 Å². The van der Waals surface area contributed by atoms with E-state index in [0.717, 1.165) is 21.5 Å². The third kappa shape index (κ3) is 3.21. The lowest BCUT2D eigenvalue weighted by Gasteiger charge is -2.20. The number of halogens is 1. The van der Waals surface area contributed by atoms with E-state index in [2.05, 4.69) is 78.2 Å². The Kier molecular flexibility index (Phi) is 4.48. The van der Waals surface area contributed by atoms with Gasteiger partial charge in [-0.3, -0.25) is 4.98 Å². The van der Waals surface area contributed by atoms with E-state index in [-0.39, 0.29) is 6.04 Å². The SMILES string of the molecule is Cc1cc(C)c(C(C)Nc2ccc(Br)c(C)c2)c(C)n1. The second kappa shape index (κ2) is 5.96. The molecule has 0 saturated carbocycles. The monoisotopic (exact) mass is 332 g/mol. The minimum Gasteiger partial charge on any atom is -0.378 e. The van der Waals surface area contributed by atoms with Gasteiger partial charge in [0.1, 0.15) is 0 Å². The van der Waals surface area contributed by atoms with Gasteiger partial charge in [-0.1, -0.05) is 15.9 Å². The number of pyridine rings is 1. The van der Waals surface area contributed by atoms with Crippen LogP contribution in [-0.4, -0.2) is 4.98 Å². The first-order valence-electron chi connectivity index (χ1n) is 6.86. The normalized spacial score (nSPS) is 12.3. The standard InChI is InChI=1S/C17H21BrN2/c1-10-9-15(6-7-16(10)18)20-14(5)17-11(2)8-12(3)19-13(17)4/h6-9,14,20H,1-5H3. The lowest BCUT2D eigenvalue weighted by Crippen LogP contribution is -2.11. The van der Waals surface area contributed by atoms with E-state index in [1.165, 1.54) is 16.7 Å². The van der Waals surface area contributed by atoms with Gasteiger partial charge in [0.15, 0.2) is 0 Å². The Balaban J connectivity index is 2.28. The molecule has 0 fully saturated rings. The Morgan fingerprint density at radius 3 is 2.35 bits per heavy atom. The molecule has 0 bridgehead atoms. The highest BCUT2D eigenvalue weighted by molar-refractivity contribution is 9.10. The van der Waals surface area contributed by atoms with Gasteiger partial charge in [-0.2, -0.15) is 0 Å². The van der Waals surface area contributed by atoms with Gasteiger partial charge in [-0.05, 0) is 75.6 Å². The van der Waals surface area contributed by atoms with E-state index in [9.17, 15) is 0 Å². The summed E-state index contributed by atoms with van der Waals surface area (Å²) in [6.45, 7) is 10.6. The number of nitrogens with zero attached hydrogens (tertiary/aromatic N) is 1. The smallest absolute Gasteiger partial charge is 0.0506 e. The first-order chi connectivity index (χ1) is 9.38. The van der Waals surface area contributed by atoms with Crippen LogP contribution in [-0.2, 0) is 0 Å². The van der Waals surface area contributed by atoms with E-state index < -0.39 is 0 Å². The average molecular weight is 333 g/mol. The third-order valence-corrected chi connectivity index (χ3v) is 4.45. The molecule has 0 saturated heterocycles. The van der Waals surface area contributed by atoms with Crippen LogP contribution in [0.15, 0.2) is 28.7 Å². The van der Waals surface area contributed by atoms with Gasteiger partial charge in [0, 0.05) is 21.5 Å². The van der Waals surface area contributed by atoms with E-state index in [1.807, 2.05) is 6.92 Å². The van der Waals surface area contributed by atoms with E-state index in [4.69, 9.17) is 0 Å². The summed E-state index contributed by atoms with van der Waals surface area (Å²) >= 11 is 3.53. The molecule has 1 aromatic carbocycles. The Bertz CT molecular complexity index is 612. The van der Waals surface area contributed by atoms with Crippen LogP contribution in [0.1, 0.15) is 41.0 Å². The topological polar surface area (TPSA) is 24.9 Å². The van der Waals surface area contributed by atoms with Gasteiger partial charge in [-0.15, -0.1) is 0 Å². The highest BCUT2D eigenvalue weighted by Crippen LogP contribution is 2.27. The summed E-state index contributed by atoms with van der Waals surface area (Å²) in [5, 5.41) is 3.57. The van der Waals surface area contributed by atoms with Gasteiger partial charge < -0.3 is 5.32 Å². The zero-order chi connectivity index (χ0) is 14.9. The fourth-order valence-electron chi connectivity index (χ4n) is 2.74. The Labute approximate surface area is 129 Å². The maximum Gasteiger partial charge on any atom is 0.0506 e. The summed E-state index contributed by atoms with van der Waals surface area (Å²) in [6.07, 6.45) is 0. The van der Waals surface area contributed by atoms with Crippen molar-refractivity contribution in [3.8, 4) is 0 Å². The van der Waals surface area contributed by atoms with Crippen molar-refractivity contribution in [2.24, 2.45) is 0 Å². The van der Waals surface area contributed by atoms with Gasteiger partial charge in [-0.25, -0.2) is 0 Å². The van der Waals surface area contributed by atoms with E-state index >= 15 is 0 Å². The zero-order valence-electron chi connectivity index (χ0n) is 12.7. The van der Waals surface area contributed by atoms with Crippen molar-refractivity contribution in [3.05, 3.63) is 56.8 Å². The van der Waals surface area contributed by atoms with Crippen molar-refractivity contribution in [1.29, 1.82) is 0 Å². The summed E-state index contributed by atoms with van der Waals surface area (Å²) in [6, 6.07) is 8.72. The van der Waals surface area contributed by atoms with Crippen molar-refractivity contribution in [2.45, 2.75) is 40.7 Å². The van der Waals surface area contributed by atoms with Crippen LogP contribution in [0.5, 0.6) is 0 Å². The number of nitrogens with one attached hydrogen (secondary N) is 1. The fourth-order valence-corrected chi connectivity index (χ4v) is 2.99. The van der Waals surface area contributed by atoms with Gasteiger partial charge in [0.05, 0.1) is 6.04 Å². The van der Waals surface area contributed by atoms with Gasteiger partial charge >= 0.3 is 0 Å². The summed E-state index contributed by atoms with van der Waals surface area (Å²) < 4.78 is 1.14. The molecule has 106 valence electrons. The maximum absolute atomic E-state index is 4.58. The van der Waals surface area contributed by atoms with E-state index in [0.29, 0.717) is 0 Å². The number of hydrogen-bond donors (Lipinski definition) is 1. The minimum absolute atomic E-state index is 0.240. The lowest BCUT2D eigenvalue weighted by atomic mass is 10.00. The molecule has 1 atom stereocenters. The zero-order valence-corrected chi connectivity index (χ0v) is 14.3. The molecular weight excluding hydrogens is 312 g/mol. The Morgan fingerprint density at radius 1 is 1.05 bits per heavy atom. The van der Waals surface area contributed by atoms with Crippen LogP contribution in [0.3, 0.4) is 0 Å². The maximum atomic E-state index is 4.58. The fraction of sp³-hybridized carbons (Fsp3) is 0.353. The number of aryl methyl sites for hydroxylation is 4. The molecule has 3 heteroatoms. The van der Waals surface area contributed by atoms with Crippen molar-refractivity contribution in [3.63, 3.8) is 0 Å². The number of hydrogen-bond acceptors (Lipinski definition) is 2. The average Bonchev–Trinajstić information content (AvgIpc) is 2.32. The summed E-state index contributed by atoms with van der Waals surface area (Å²) in [7, 11) is 0. The molecule has 1 aromatic heterocycles. The molecule has 2 rings (SSSR count). The number of benzene rings is 1. The largest absolute Gasteiger partial charge is 0.378 e. The molecule has 20 heavy (non-hydrogen) atoms. The van der Waals surface area contributed by atoms with Crippen LogP contribution >= 0.6 is 15.9 Å². The van der Waals surface area contributed by atoms with Crippen LogP contribution in [0.25, 0.3) is 0 Å². The molecule has 2 nitrogen and oxygen atoms in total. The molecule has 1 N–H and O–H groups in total. The predicted octanol–water partition coefficient (Wildman–Crippen LogP) is 5.25. The molecule has 0 aliphatic rings. The molecular formula is C17H21BrN2. The molecule has 0 radical (unpaired) electrons. The van der Waals surface area contributed by atoms with Gasteiger partial charge in [0.2, 0.25) is 0 Å².